The number of hydrogen-bond donors (Lipinski definition) is 0. The minimum absolute atomic E-state index is 0.0321. The summed E-state index contributed by atoms with van der Waals surface area (Å²) in [6.07, 6.45) is 2.55. The Morgan fingerprint density at radius 2 is 2.07 bits per heavy atom. The number of amides is 1. The average Bonchev–Trinajstić information content (AvgIpc) is 3.35. The number of aromatic nitrogens is 1. The summed E-state index contributed by atoms with van der Waals surface area (Å²) < 4.78 is 6.86. The number of thiazole rings is 1. The van der Waals surface area contributed by atoms with Crippen molar-refractivity contribution in [3.8, 4) is 0 Å². The summed E-state index contributed by atoms with van der Waals surface area (Å²) in [5.41, 5.74) is 1.75. The summed E-state index contributed by atoms with van der Waals surface area (Å²) >= 11 is 3.36. The van der Waals surface area contributed by atoms with Crippen molar-refractivity contribution in [2.75, 3.05) is 19.4 Å². The van der Waals surface area contributed by atoms with Crippen LogP contribution in [-0.2, 0) is 11.3 Å². The quantitative estimate of drug-likeness (QED) is 0.557. The molecule has 1 atom stereocenters. The van der Waals surface area contributed by atoms with E-state index in [1.807, 2.05) is 49.5 Å². The van der Waals surface area contributed by atoms with Crippen LogP contribution >= 0.6 is 23.1 Å². The fourth-order valence-electron chi connectivity index (χ4n) is 3.20. The molecule has 0 radical (unpaired) electrons. The number of nitrogens with zero attached hydrogens (tertiary/aromatic N) is 2. The molecule has 1 aromatic heterocycles. The van der Waals surface area contributed by atoms with Gasteiger partial charge in [0.25, 0.3) is 5.91 Å². The number of hydrogen-bond acceptors (Lipinski definition) is 5. The van der Waals surface area contributed by atoms with Gasteiger partial charge in [-0.2, -0.15) is 0 Å². The van der Waals surface area contributed by atoms with Crippen LogP contribution in [0.25, 0.3) is 10.2 Å². The zero-order valence-electron chi connectivity index (χ0n) is 15.3. The van der Waals surface area contributed by atoms with Crippen molar-refractivity contribution >= 4 is 39.2 Å². The van der Waals surface area contributed by atoms with Crippen LogP contribution in [-0.4, -0.2) is 41.3 Å². The van der Waals surface area contributed by atoms with E-state index >= 15 is 0 Å². The summed E-state index contributed by atoms with van der Waals surface area (Å²) in [5, 5.41) is 0.955. The highest BCUT2D eigenvalue weighted by Gasteiger charge is 2.20. The van der Waals surface area contributed by atoms with Gasteiger partial charge in [0.15, 0.2) is 0 Å². The van der Waals surface area contributed by atoms with Gasteiger partial charge in [-0.3, -0.25) is 4.79 Å². The first-order valence-electron chi connectivity index (χ1n) is 9.14. The molecule has 0 unspecified atom stereocenters. The Hall–Kier alpha value is -1.89. The molecule has 1 aliphatic rings. The first-order chi connectivity index (χ1) is 13.2. The molecule has 1 amide bonds. The third-order valence-corrected chi connectivity index (χ3v) is 6.85. The van der Waals surface area contributed by atoms with Gasteiger partial charge in [-0.15, -0.1) is 23.1 Å². The Morgan fingerprint density at radius 1 is 1.26 bits per heavy atom. The second kappa shape index (κ2) is 8.42. The summed E-state index contributed by atoms with van der Waals surface area (Å²) in [4.78, 5) is 20.5. The lowest BCUT2D eigenvalue weighted by molar-refractivity contribution is 0.0781. The molecule has 6 heteroatoms. The topological polar surface area (TPSA) is 42.4 Å². The van der Waals surface area contributed by atoms with Crippen LogP contribution < -0.4 is 0 Å². The number of ether oxygens (including phenoxy) is 1. The molecular formula is C21H22N2O2S2. The molecule has 0 bridgehead atoms. The van der Waals surface area contributed by atoms with Crippen molar-refractivity contribution in [3.63, 3.8) is 0 Å². The van der Waals surface area contributed by atoms with E-state index in [0.717, 1.165) is 50.9 Å². The van der Waals surface area contributed by atoms with Crippen LogP contribution in [0.3, 0.4) is 0 Å². The number of thioether (sulfide) groups is 1. The molecule has 3 aromatic rings. The van der Waals surface area contributed by atoms with E-state index in [4.69, 9.17) is 4.74 Å². The van der Waals surface area contributed by atoms with Gasteiger partial charge in [-0.1, -0.05) is 24.3 Å². The molecule has 1 saturated heterocycles. The molecule has 0 spiro atoms. The van der Waals surface area contributed by atoms with Crippen molar-refractivity contribution < 1.29 is 9.53 Å². The number of carbonyl (C=O) groups is 1. The molecule has 2 aromatic carbocycles. The smallest absolute Gasteiger partial charge is 0.255 e. The lowest BCUT2D eigenvalue weighted by atomic mass is 10.2. The summed E-state index contributed by atoms with van der Waals surface area (Å²) in [6, 6.07) is 15.9. The molecule has 4 rings (SSSR count). The van der Waals surface area contributed by atoms with Gasteiger partial charge in [0, 0.05) is 24.3 Å². The number of fused-ring (bicyclic) bond motifs is 1. The standard InChI is InChI=1S/C21H22N2O2S2/c1-23(13-20-22-17-9-3-5-11-19(17)27-20)21(24)16-8-2-4-10-18(16)26-14-15-7-6-12-25-15/h2-5,8-11,15H,6-7,12-14H2,1H3/t15-/m0/s1. The van der Waals surface area contributed by atoms with Crippen LogP contribution in [0.15, 0.2) is 53.4 Å². The van der Waals surface area contributed by atoms with Crippen molar-refractivity contribution in [2.45, 2.75) is 30.4 Å². The van der Waals surface area contributed by atoms with Gasteiger partial charge in [0.05, 0.1) is 28.4 Å². The highest BCUT2D eigenvalue weighted by atomic mass is 32.2. The SMILES string of the molecule is CN(Cc1nc2ccccc2s1)C(=O)c1ccccc1SC[C@@H]1CCCO1. The third kappa shape index (κ3) is 4.34. The third-order valence-electron chi connectivity index (χ3n) is 4.62. The second-order valence-corrected chi connectivity index (χ2v) is 8.86. The molecule has 4 nitrogen and oxygen atoms in total. The number of rotatable bonds is 6. The van der Waals surface area contributed by atoms with E-state index in [0.29, 0.717) is 12.6 Å². The van der Waals surface area contributed by atoms with Crippen molar-refractivity contribution in [1.82, 2.24) is 9.88 Å². The van der Waals surface area contributed by atoms with Crippen molar-refractivity contribution in [1.29, 1.82) is 0 Å². The highest BCUT2D eigenvalue weighted by Crippen LogP contribution is 2.28. The first-order valence-corrected chi connectivity index (χ1v) is 10.9. The lowest BCUT2D eigenvalue weighted by Crippen LogP contribution is -2.26. The van der Waals surface area contributed by atoms with E-state index in [9.17, 15) is 4.79 Å². The summed E-state index contributed by atoms with van der Waals surface area (Å²) in [5.74, 6) is 0.927. The Bertz CT molecular complexity index is 902. The van der Waals surface area contributed by atoms with Gasteiger partial charge in [0.2, 0.25) is 0 Å². The monoisotopic (exact) mass is 398 g/mol. The zero-order valence-corrected chi connectivity index (χ0v) is 16.9. The molecule has 1 fully saturated rings. The minimum Gasteiger partial charge on any atom is -0.377 e. The van der Waals surface area contributed by atoms with E-state index in [2.05, 4.69) is 11.1 Å². The Kier molecular flexibility index (Phi) is 5.76. The molecule has 1 aliphatic heterocycles. The lowest BCUT2D eigenvalue weighted by Gasteiger charge is -2.18. The molecule has 2 heterocycles. The number of carbonyl (C=O) groups excluding carboxylic acids is 1. The molecule has 140 valence electrons. The summed E-state index contributed by atoms with van der Waals surface area (Å²) in [6.45, 7) is 1.37. The van der Waals surface area contributed by atoms with Gasteiger partial charge < -0.3 is 9.64 Å². The van der Waals surface area contributed by atoms with Gasteiger partial charge >= 0.3 is 0 Å². The minimum atomic E-state index is 0.0321. The molecule has 27 heavy (non-hydrogen) atoms. The Balaban J connectivity index is 1.46. The van der Waals surface area contributed by atoms with Gasteiger partial charge in [-0.05, 0) is 37.1 Å². The van der Waals surface area contributed by atoms with Gasteiger partial charge in [-0.25, -0.2) is 4.98 Å². The first kappa shape index (κ1) is 18.5. The van der Waals surface area contributed by atoms with E-state index < -0.39 is 0 Å². The zero-order chi connectivity index (χ0) is 18.6. The van der Waals surface area contributed by atoms with Gasteiger partial charge in [0.1, 0.15) is 5.01 Å². The van der Waals surface area contributed by atoms with E-state index in [1.54, 1.807) is 28.0 Å². The van der Waals surface area contributed by atoms with Crippen molar-refractivity contribution in [2.24, 2.45) is 0 Å². The Labute approximate surface area is 167 Å². The largest absolute Gasteiger partial charge is 0.377 e. The molecule has 0 saturated carbocycles. The van der Waals surface area contributed by atoms with Crippen molar-refractivity contribution in [3.05, 3.63) is 59.1 Å². The maximum Gasteiger partial charge on any atom is 0.255 e. The van der Waals surface area contributed by atoms with E-state index in [1.165, 1.54) is 0 Å². The molecule has 0 aliphatic carbocycles. The predicted octanol–water partition coefficient (Wildman–Crippen LogP) is 4.84. The van der Waals surface area contributed by atoms with Crippen LogP contribution in [0.2, 0.25) is 0 Å². The number of para-hydroxylation sites is 1. The summed E-state index contributed by atoms with van der Waals surface area (Å²) in [7, 11) is 1.84. The van der Waals surface area contributed by atoms with Crippen LogP contribution in [0.4, 0.5) is 0 Å². The molecule has 0 N–H and O–H groups in total. The Morgan fingerprint density at radius 3 is 2.89 bits per heavy atom. The maximum absolute atomic E-state index is 13.0. The van der Waals surface area contributed by atoms with E-state index in [-0.39, 0.29) is 5.91 Å². The van der Waals surface area contributed by atoms with Crippen LogP contribution in [0.5, 0.6) is 0 Å². The normalized spacial score (nSPS) is 16.7. The van der Waals surface area contributed by atoms with Crippen LogP contribution in [0, 0.1) is 0 Å². The average molecular weight is 399 g/mol. The molecular weight excluding hydrogens is 376 g/mol. The highest BCUT2D eigenvalue weighted by molar-refractivity contribution is 7.99. The maximum atomic E-state index is 13.0. The predicted molar refractivity (Wildman–Crippen MR) is 112 cm³/mol. The second-order valence-electron chi connectivity index (χ2n) is 6.68. The fourth-order valence-corrected chi connectivity index (χ4v) is 5.33. The van der Waals surface area contributed by atoms with Crippen LogP contribution in [0.1, 0.15) is 28.2 Å². The fraction of sp³-hybridized carbons (Fsp3) is 0.333. The number of benzene rings is 2.